The van der Waals surface area contributed by atoms with Crippen LogP contribution in [0.4, 0.5) is 4.79 Å². The molecule has 1 aromatic heterocycles. The first kappa shape index (κ1) is 17.1. The highest BCUT2D eigenvalue weighted by atomic mass is 16.5. The standard InChI is InChI=1S/C22H20N2O3/c25-22(26)24(14-16-6-2-1-3-7-16)15-19-12-17-8-4-10-20(21(17)27-19)18-9-5-11-23-13-18/h1-11,13,19H,12,14-15H2,(H,25,26). The van der Waals surface area contributed by atoms with E-state index in [9.17, 15) is 9.90 Å². The van der Waals surface area contributed by atoms with Crippen LogP contribution in [-0.4, -0.2) is 33.7 Å². The molecule has 1 aliphatic rings. The molecule has 2 aromatic carbocycles. The second-order valence-corrected chi connectivity index (χ2v) is 6.63. The van der Waals surface area contributed by atoms with Gasteiger partial charge in [-0.3, -0.25) is 4.98 Å². The van der Waals surface area contributed by atoms with E-state index in [1.165, 1.54) is 4.90 Å². The van der Waals surface area contributed by atoms with Crippen LogP contribution < -0.4 is 4.74 Å². The summed E-state index contributed by atoms with van der Waals surface area (Å²) >= 11 is 0. The lowest BCUT2D eigenvalue weighted by Crippen LogP contribution is -2.37. The van der Waals surface area contributed by atoms with Gasteiger partial charge >= 0.3 is 6.09 Å². The van der Waals surface area contributed by atoms with Crippen molar-refractivity contribution in [3.63, 3.8) is 0 Å². The van der Waals surface area contributed by atoms with Gasteiger partial charge in [-0.2, -0.15) is 0 Å². The molecule has 5 nitrogen and oxygen atoms in total. The number of carboxylic acid groups (broad SMARTS) is 1. The van der Waals surface area contributed by atoms with Crippen LogP contribution in [0.25, 0.3) is 11.1 Å². The van der Waals surface area contributed by atoms with Crippen molar-refractivity contribution in [1.82, 2.24) is 9.88 Å². The topological polar surface area (TPSA) is 62.7 Å². The van der Waals surface area contributed by atoms with Gasteiger partial charge in [-0.1, -0.05) is 54.6 Å². The van der Waals surface area contributed by atoms with Gasteiger partial charge in [-0.25, -0.2) is 4.79 Å². The molecule has 1 atom stereocenters. The van der Waals surface area contributed by atoms with Crippen LogP contribution in [0.5, 0.6) is 5.75 Å². The summed E-state index contributed by atoms with van der Waals surface area (Å²) in [6.07, 6.45) is 3.11. The summed E-state index contributed by atoms with van der Waals surface area (Å²) in [5.74, 6) is 0.834. The number of para-hydroxylation sites is 1. The van der Waals surface area contributed by atoms with Crippen molar-refractivity contribution in [2.45, 2.75) is 19.1 Å². The van der Waals surface area contributed by atoms with E-state index in [2.05, 4.69) is 4.98 Å². The number of hydrogen-bond donors (Lipinski definition) is 1. The van der Waals surface area contributed by atoms with Crippen molar-refractivity contribution in [3.05, 3.63) is 84.2 Å². The van der Waals surface area contributed by atoms with E-state index < -0.39 is 6.09 Å². The molecule has 5 heteroatoms. The normalized spacial score (nSPS) is 15.0. The summed E-state index contributed by atoms with van der Waals surface area (Å²) in [5, 5.41) is 9.61. The molecule has 0 spiro atoms. The van der Waals surface area contributed by atoms with Gasteiger partial charge in [-0.05, 0) is 17.2 Å². The van der Waals surface area contributed by atoms with E-state index in [1.807, 2.05) is 66.9 Å². The van der Waals surface area contributed by atoms with Gasteiger partial charge in [0.25, 0.3) is 0 Å². The first-order valence-electron chi connectivity index (χ1n) is 8.91. The third kappa shape index (κ3) is 3.77. The molecule has 1 unspecified atom stereocenters. The lowest BCUT2D eigenvalue weighted by molar-refractivity contribution is 0.113. The summed E-state index contributed by atoms with van der Waals surface area (Å²) in [6.45, 7) is 0.674. The number of fused-ring (bicyclic) bond motifs is 1. The van der Waals surface area contributed by atoms with Crippen LogP contribution in [0.2, 0.25) is 0 Å². The summed E-state index contributed by atoms with van der Waals surface area (Å²) in [7, 11) is 0. The second kappa shape index (κ2) is 7.50. The maximum atomic E-state index is 11.7. The monoisotopic (exact) mass is 360 g/mol. The highest BCUT2D eigenvalue weighted by Crippen LogP contribution is 2.38. The minimum atomic E-state index is -0.939. The fraction of sp³-hybridized carbons (Fsp3) is 0.182. The predicted molar refractivity (Wildman–Crippen MR) is 103 cm³/mol. The van der Waals surface area contributed by atoms with Crippen LogP contribution >= 0.6 is 0 Å². The fourth-order valence-electron chi connectivity index (χ4n) is 3.45. The number of pyridine rings is 1. The zero-order valence-electron chi connectivity index (χ0n) is 14.8. The van der Waals surface area contributed by atoms with Gasteiger partial charge in [0.05, 0.1) is 6.54 Å². The Morgan fingerprint density at radius 1 is 1.11 bits per heavy atom. The smallest absolute Gasteiger partial charge is 0.407 e. The Bertz CT molecular complexity index is 929. The molecule has 27 heavy (non-hydrogen) atoms. The summed E-state index contributed by atoms with van der Waals surface area (Å²) in [6, 6.07) is 19.6. The first-order chi connectivity index (χ1) is 13.2. The number of carbonyl (C=O) groups is 1. The van der Waals surface area contributed by atoms with Crippen molar-refractivity contribution >= 4 is 6.09 Å². The third-order valence-corrected chi connectivity index (χ3v) is 4.71. The van der Waals surface area contributed by atoms with Crippen LogP contribution in [0.3, 0.4) is 0 Å². The number of nitrogens with zero attached hydrogens (tertiary/aromatic N) is 2. The van der Waals surface area contributed by atoms with Crippen LogP contribution in [-0.2, 0) is 13.0 Å². The molecule has 1 amide bonds. The maximum Gasteiger partial charge on any atom is 0.407 e. The van der Waals surface area contributed by atoms with Gasteiger partial charge in [0.1, 0.15) is 11.9 Å². The molecule has 136 valence electrons. The van der Waals surface area contributed by atoms with Gasteiger partial charge < -0.3 is 14.7 Å². The molecule has 0 fully saturated rings. The molecule has 3 aromatic rings. The molecule has 0 saturated carbocycles. The average Bonchev–Trinajstić information content (AvgIpc) is 3.11. The molecular formula is C22H20N2O3. The Kier molecular flexibility index (Phi) is 4.75. The zero-order valence-corrected chi connectivity index (χ0v) is 14.8. The third-order valence-electron chi connectivity index (χ3n) is 4.71. The second-order valence-electron chi connectivity index (χ2n) is 6.63. The zero-order chi connectivity index (χ0) is 18.6. The molecule has 0 saturated heterocycles. The van der Waals surface area contributed by atoms with Crippen molar-refractivity contribution in [3.8, 4) is 16.9 Å². The van der Waals surface area contributed by atoms with Gasteiger partial charge in [0.15, 0.2) is 0 Å². The fourth-order valence-corrected chi connectivity index (χ4v) is 3.45. The first-order valence-corrected chi connectivity index (χ1v) is 8.91. The molecular weight excluding hydrogens is 340 g/mol. The Hall–Kier alpha value is -3.34. The predicted octanol–water partition coefficient (Wildman–Crippen LogP) is 4.23. The van der Waals surface area contributed by atoms with Crippen molar-refractivity contribution in [2.24, 2.45) is 0 Å². The average molecular weight is 360 g/mol. The van der Waals surface area contributed by atoms with E-state index >= 15 is 0 Å². The van der Waals surface area contributed by atoms with E-state index in [0.29, 0.717) is 19.5 Å². The van der Waals surface area contributed by atoms with Crippen molar-refractivity contribution in [1.29, 1.82) is 0 Å². The van der Waals surface area contributed by atoms with E-state index in [1.54, 1.807) is 6.20 Å². The van der Waals surface area contributed by atoms with Crippen LogP contribution in [0, 0.1) is 0 Å². The Balaban J connectivity index is 1.52. The van der Waals surface area contributed by atoms with Crippen molar-refractivity contribution < 1.29 is 14.6 Å². The number of aromatic nitrogens is 1. The largest absolute Gasteiger partial charge is 0.487 e. The molecule has 0 radical (unpaired) electrons. The van der Waals surface area contributed by atoms with Crippen LogP contribution in [0.15, 0.2) is 73.1 Å². The van der Waals surface area contributed by atoms with Gasteiger partial charge in [0, 0.05) is 36.5 Å². The number of rotatable bonds is 5. The molecule has 1 aliphatic heterocycles. The Labute approximate surface area is 157 Å². The maximum absolute atomic E-state index is 11.7. The highest BCUT2D eigenvalue weighted by Gasteiger charge is 2.29. The quantitative estimate of drug-likeness (QED) is 0.739. The molecule has 0 bridgehead atoms. The molecule has 2 heterocycles. The minimum absolute atomic E-state index is 0.197. The molecule has 4 rings (SSSR count). The summed E-state index contributed by atoms with van der Waals surface area (Å²) in [5.41, 5.74) is 4.06. The SMILES string of the molecule is O=C(O)N(Cc1ccccc1)CC1Cc2cccc(-c3cccnc3)c2O1. The summed E-state index contributed by atoms with van der Waals surface area (Å²) < 4.78 is 6.18. The number of benzene rings is 2. The van der Waals surface area contributed by atoms with Crippen molar-refractivity contribution in [2.75, 3.05) is 6.54 Å². The Morgan fingerprint density at radius 3 is 2.70 bits per heavy atom. The highest BCUT2D eigenvalue weighted by molar-refractivity contribution is 5.72. The van der Waals surface area contributed by atoms with Crippen LogP contribution in [0.1, 0.15) is 11.1 Å². The lowest BCUT2D eigenvalue weighted by atomic mass is 10.0. The van der Waals surface area contributed by atoms with Gasteiger partial charge in [-0.15, -0.1) is 0 Å². The lowest BCUT2D eigenvalue weighted by Gasteiger charge is -2.23. The Morgan fingerprint density at radius 2 is 1.96 bits per heavy atom. The van der Waals surface area contributed by atoms with E-state index in [4.69, 9.17) is 4.74 Å². The molecule has 1 N–H and O–H groups in total. The number of hydrogen-bond acceptors (Lipinski definition) is 3. The number of amides is 1. The van der Waals surface area contributed by atoms with E-state index in [0.717, 1.165) is 28.0 Å². The molecule has 0 aliphatic carbocycles. The summed E-state index contributed by atoms with van der Waals surface area (Å²) in [4.78, 5) is 17.3. The minimum Gasteiger partial charge on any atom is -0.487 e. The number of ether oxygens (including phenoxy) is 1. The van der Waals surface area contributed by atoms with Gasteiger partial charge in [0.2, 0.25) is 0 Å². The van der Waals surface area contributed by atoms with E-state index in [-0.39, 0.29) is 6.10 Å².